The maximum absolute atomic E-state index is 12.3. The summed E-state index contributed by atoms with van der Waals surface area (Å²) in [6, 6.07) is 2.02. The molecule has 0 aromatic rings. The first-order valence-electron chi connectivity index (χ1n) is 6.87. The fourth-order valence-corrected chi connectivity index (χ4v) is 2.06. The quantitative estimate of drug-likeness (QED) is 0.665. The summed E-state index contributed by atoms with van der Waals surface area (Å²) in [5.74, 6) is 0.661. The van der Waals surface area contributed by atoms with Crippen molar-refractivity contribution in [3.63, 3.8) is 0 Å². The van der Waals surface area contributed by atoms with E-state index in [0.29, 0.717) is 18.9 Å². The summed E-state index contributed by atoms with van der Waals surface area (Å²) in [7, 11) is 0. The van der Waals surface area contributed by atoms with Gasteiger partial charge in [-0.05, 0) is 26.7 Å². The van der Waals surface area contributed by atoms with Gasteiger partial charge in [0.1, 0.15) is 0 Å². The van der Waals surface area contributed by atoms with Gasteiger partial charge in [-0.3, -0.25) is 9.69 Å². The number of likely N-dealkylation sites (N-methyl/N-ethyl adjacent to an activating group) is 1. The number of amides is 1. The lowest BCUT2D eigenvalue weighted by atomic mass is 10.1. The van der Waals surface area contributed by atoms with E-state index in [1.54, 1.807) is 0 Å². The molecule has 18 heavy (non-hydrogen) atoms. The van der Waals surface area contributed by atoms with Gasteiger partial charge >= 0.3 is 0 Å². The minimum absolute atomic E-state index is 0.138. The number of rotatable bonds is 8. The van der Waals surface area contributed by atoms with Gasteiger partial charge < -0.3 is 4.90 Å². The van der Waals surface area contributed by atoms with Crippen molar-refractivity contribution in [1.82, 2.24) is 9.80 Å². The molecule has 0 bridgehead atoms. The third kappa shape index (κ3) is 5.50. The van der Waals surface area contributed by atoms with Gasteiger partial charge in [-0.15, -0.1) is 0 Å². The first kappa shape index (κ1) is 16.9. The van der Waals surface area contributed by atoms with E-state index in [1.165, 1.54) is 0 Å². The second-order valence-corrected chi connectivity index (χ2v) is 4.98. The second kappa shape index (κ2) is 8.93. The lowest BCUT2D eigenvalue weighted by Crippen LogP contribution is -2.48. The predicted octanol–water partition coefficient (Wildman–Crippen LogP) is 2.11. The Hall–Kier alpha value is -1.08. The molecule has 4 heteroatoms. The first-order valence-corrected chi connectivity index (χ1v) is 6.87. The van der Waals surface area contributed by atoms with Crippen molar-refractivity contribution in [2.45, 2.75) is 47.1 Å². The van der Waals surface area contributed by atoms with Crippen LogP contribution in [0.3, 0.4) is 0 Å². The summed E-state index contributed by atoms with van der Waals surface area (Å²) in [5, 5.41) is 8.70. The van der Waals surface area contributed by atoms with Crippen LogP contribution in [0.15, 0.2) is 0 Å². The molecule has 104 valence electrons. The first-order chi connectivity index (χ1) is 8.47. The van der Waals surface area contributed by atoms with Crippen molar-refractivity contribution >= 4 is 5.91 Å². The van der Waals surface area contributed by atoms with Crippen LogP contribution in [0.25, 0.3) is 0 Å². The average molecular weight is 253 g/mol. The van der Waals surface area contributed by atoms with Gasteiger partial charge in [0, 0.05) is 32.6 Å². The van der Waals surface area contributed by atoms with Crippen LogP contribution in [0.5, 0.6) is 0 Å². The topological polar surface area (TPSA) is 47.3 Å². The molecule has 0 aliphatic carbocycles. The Morgan fingerprint density at radius 3 is 2.17 bits per heavy atom. The molecule has 0 saturated carbocycles. The lowest BCUT2D eigenvalue weighted by molar-refractivity contribution is -0.136. The van der Waals surface area contributed by atoms with E-state index in [2.05, 4.69) is 24.8 Å². The number of nitriles is 1. The molecule has 4 nitrogen and oxygen atoms in total. The zero-order valence-corrected chi connectivity index (χ0v) is 12.4. The minimum atomic E-state index is -0.138. The number of carbonyl (C=O) groups is 1. The highest BCUT2D eigenvalue weighted by Gasteiger charge is 2.24. The van der Waals surface area contributed by atoms with E-state index in [0.717, 1.165) is 19.6 Å². The highest BCUT2D eigenvalue weighted by molar-refractivity contribution is 5.81. The summed E-state index contributed by atoms with van der Waals surface area (Å²) >= 11 is 0. The molecular weight excluding hydrogens is 226 g/mol. The van der Waals surface area contributed by atoms with Crippen molar-refractivity contribution in [3.05, 3.63) is 0 Å². The smallest absolute Gasteiger partial charge is 0.239 e. The Labute approximate surface area is 112 Å². The molecule has 0 aromatic heterocycles. The van der Waals surface area contributed by atoms with Gasteiger partial charge in [-0.2, -0.15) is 5.26 Å². The molecule has 1 amide bonds. The zero-order chi connectivity index (χ0) is 14.1. The second-order valence-electron chi connectivity index (χ2n) is 4.98. The lowest BCUT2D eigenvalue weighted by Gasteiger charge is -2.32. The Kier molecular flexibility index (Phi) is 8.40. The Morgan fingerprint density at radius 1 is 1.22 bits per heavy atom. The molecule has 0 rings (SSSR count). The van der Waals surface area contributed by atoms with Gasteiger partial charge in [0.25, 0.3) is 0 Å². The van der Waals surface area contributed by atoms with Crippen molar-refractivity contribution in [3.8, 4) is 6.07 Å². The summed E-state index contributed by atoms with van der Waals surface area (Å²) in [4.78, 5) is 16.3. The van der Waals surface area contributed by atoms with Gasteiger partial charge in [-0.25, -0.2) is 0 Å². The van der Waals surface area contributed by atoms with E-state index < -0.39 is 0 Å². The fraction of sp³-hybridized carbons (Fsp3) is 0.857. The SMILES string of the molecule is CCN(CC)C(=O)C(C)N(CCC#N)CC(C)C. The highest BCUT2D eigenvalue weighted by Crippen LogP contribution is 2.08. The van der Waals surface area contributed by atoms with Crippen LogP contribution in [0.2, 0.25) is 0 Å². The molecule has 0 aromatic carbocycles. The normalized spacial score (nSPS) is 12.6. The van der Waals surface area contributed by atoms with Gasteiger partial charge in [-0.1, -0.05) is 13.8 Å². The van der Waals surface area contributed by atoms with Gasteiger partial charge in [0.2, 0.25) is 5.91 Å². The van der Waals surface area contributed by atoms with Crippen molar-refractivity contribution in [2.75, 3.05) is 26.2 Å². The van der Waals surface area contributed by atoms with E-state index in [1.807, 2.05) is 25.7 Å². The third-order valence-corrected chi connectivity index (χ3v) is 3.09. The molecule has 0 fully saturated rings. The molecular formula is C14H27N3O. The summed E-state index contributed by atoms with van der Waals surface area (Å²) < 4.78 is 0. The number of hydrogen-bond donors (Lipinski definition) is 0. The van der Waals surface area contributed by atoms with Gasteiger partial charge in [0.05, 0.1) is 12.1 Å². The molecule has 0 heterocycles. The maximum Gasteiger partial charge on any atom is 0.239 e. The Bertz CT molecular complexity index is 279. The monoisotopic (exact) mass is 253 g/mol. The van der Waals surface area contributed by atoms with Crippen LogP contribution in [-0.4, -0.2) is 47.9 Å². The highest BCUT2D eigenvalue weighted by atomic mass is 16.2. The van der Waals surface area contributed by atoms with Crippen LogP contribution < -0.4 is 0 Å². The van der Waals surface area contributed by atoms with E-state index in [4.69, 9.17) is 5.26 Å². The van der Waals surface area contributed by atoms with Crippen molar-refractivity contribution in [1.29, 1.82) is 5.26 Å². The van der Waals surface area contributed by atoms with Crippen LogP contribution >= 0.6 is 0 Å². The largest absolute Gasteiger partial charge is 0.342 e. The average Bonchev–Trinajstić information content (AvgIpc) is 2.34. The fourth-order valence-electron chi connectivity index (χ4n) is 2.06. The molecule has 0 saturated heterocycles. The molecule has 0 spiro atoms. The molecule has 0 radical (unpaired) electrons. The Balaban J connectivity index is 4.66. The van der Waals surface area contributed by atoms with Crippen LogP contribution in [-0.2, 0) is 4.79 Å². The molecule has 1 atom stereocenters. The summed E-state index contributed by atoms with van der Waals surface area (Å²) in [6.07, 6.45) is 0.475. The maximum atomic E-state index is 12.3. The van der Waals surface area contributed by atoms with Crippen LogP contribution in [0.1, 0.15) is 41.0 Å². The zero-order valence-electron chi connectivity index (χ0n) is 12.4. The molecule has 0 aliphatic heterocycles. The van der Waals surface area contributed by atoms with Crippen LogP contribution in [0.4, 0.5) is 0 Å². The van der Waals surface area contributed by atoms with E-state index >= 15 is 0 Å². The molecule has 1 unspecified atom stereocenters. The predicted molar refractivity (Wildman–Crippen MR) is 74.0 cm³/mol. The minimum Gasteiger partial charge on any atom is -0.342 e. The molecule has 0 aliphatic rings. The van der Waals surface area contributed by atoms with Gasteiger partial charge in [0.15, 0.2) is 0 Å². The van der Waals surface area contributed by atoms with Crippen LogP contribution in [0, 0.1) is 17.2 Å². The Morgan fingerprint density at radius 2 is 1.78 bits per heavy atom. The summed E-state index contributed by atoms with van der Waals surface area (Å²) in [6.45, 7) is 13.2. The standard InChI is InChI=1S/C14H27N3O/c1-6-16(7-2)14(18)13(5)17(10-8-9-15)11-12(3)4/h12-13H,6-8,10-11H2,1-5H3. The van der Waals surface area contributed by atoms with Crippen molar-refractivity contribution in [2.24, 2.45) is 5.92 Å². The number of hydrogen-bond acceptors (Lipinski definition) is 3. The van der Waals surface area contributed by atoms with E-state index in [9.17, 15) is 4.79 Å². The van der Waals surface area contributed by atoms with E-state index in [-0.39, 0.29) is 11.9 Å². The third-order valence-electron chi connectivity index (χ3n) is 3.09. The molecule has 0 N–H and O–H groups in total. The number of carbonyl (C=O) groups excluding carboxylic acids is 1. The van der Waals surface area contributed by atoms with Crippen molar-refractivity contribution < 1.29 is 4.79 Å². The number of nitrogens with zero attached hydrogens (tertiary/aromatic N) is 3. The summed E-state index contributed by atoms with van der Waals surface area (Å²) in [5.41, 5.74) is 0.